The number of morpholine rings is 1. The lowest BCUT2D eigenvalue weighted by Crippen LogP contribution is -2.42. The molecule has 1 aromatic heterocycles. The van der Waals surface area contributed by atoms with Crippen LogP contribution in [-0.2, 0) is 4.74 Å². The zero-order valence-corrected chi connectivity index (χ0v) is 12.2. The third-order valence-corrected chi connectivity index (χ3v) is 3.70. The number of hydrogen-bond donors (Lipinski definition) is 1. The van der Waals surface area contributed by atoms with Gasteiger partial charge < -0.3 is 15.0 Å². The highest BCUT2D eigenvalue weighted by Crippen LogP contribution is 2.19. The third kappa shape index (κ3) is 3.67. The maximum Gasteiger partial charge on any atom is 0.128 e. The smallest absolute Gasteiger partial charge is 0.128 e. The summed E-state index contributed by atoms with van der Waals surface area (Å²) in [6.45, 7) is 10.1. The summed E-state index contributed by atoms with van der Waals surface area (Å²) in [6, 6.07) is 4.66. The molecule has 1 aromatic rings. The van der Waals surface area contributed by atoms with E-state index in [0.717, 1.165) is 38.5 Å². The first-order valence-corrected chi connectivity index (χ1v) is 7.30. The topological polar surface area (TPSA) is 37.4 Å². The second-order valence-electron chi connectivity index (χ2n) is 5.08. The molecule has 4 heteroatoms. The Kier molecular flexibility index (Phi) is 5.16. The molecule has 2 heterocycles. The van der Waals surface area contributed by atoms with Gasteiger partial charge in [-0.3, -0.25) is 0 Å². The fraction of sp³-hybridized carbons (Fsp3) is 0.667. The minimum Gasteiger partial charge on any atom is -0.375 e. The summed E-state index contributed by atoms with van der Waals surface area (Å²) < 4.78 is 5.69. The number of ether oxygens (including phenoxy) is 1. The van der Waals surface area contributed by atoms with E-state index in [1.807, 2.05) is 6.20 Å². The van der Waals surface area contributed by atoms with Crippen molar-refractivity contribution in [1.82, 2.24) is 10.3 Å². The molecular weight excluding hydrogens is 238 g/mol. The minimum absolute atomic E-state index is 0.343. The number of aromatic nitrogens is 1. The molecule has 0 spiro atoms. The highest BCUT2D eigenvalue weighted by atomic mass is 16.5. The highest BCUT2D eigenvalue weighted by Gasteiger charge is 2.20. The van der Waals surface area contributed by atoms with Crippen LogP contribution in [0.1, 0.15) is 38.8 Å². The van der Waals surface area contributed by atoms with Gasteiger partial charge in [-0.1, -0.05) is 19.9 Å². The molecule has 0 saturated carbocycles. The van der Waals surface area contributed by atoms with Crippen LogP contribution in [-0.4, -0.2) is 37.3 Å². The van der Waals surface area contributed by atoms with Gasteiger partial charge in [0, 0.05) is 25.3 Å². The average molecular weight is 263 g/mol. The van der Waals surface area contributed by atoms with Gasteiger partial charge >= 0.3 is 0 Å². The minimum atomic E-state index is 0.343. The molecule has 1 saturated heterocycles. The van der Waals surface area contributed by atoms with E-state index in [1.165, 1.54) is 5.56 Å². The molecule has 0 radical (unpaired) electrons. The van der Waals surface area contributed by atoms with E-state index in [1.54, 1.807) is 0 Å². The Morgan fingerprint density at radius 1 is 1.47 bits per heavy atom. The van der Waals surface area contributed by atoms with E-state index in [9.17, 15) is 0 Å². The van der Waals surface area contributed by atoms with Gasteiger partial charge in [0.05, 0.1) is 12.7 Å². The molecule has 1 N–H and O–H groups in total. The molecule has 0 amide bonds. The maximum atomic E-state index is 5.69. The number of pyridine rings is 1. The van der Waals surface area contributed by atoms with E-state index in [4.69, 9.17) is 4.74 Å². The monoisotopic (exact) mass is 263 g/mol. The summed E-state index contributed by atoms with van der Waals surface area (Å²) in [6.07, 6.45) is 3.39. The summed E-state index contributed by atoms with van der Waals surface area (Å²) in [5, 5.41) is 3.40. The van der Waals surface area contributed by atoms with Crippen molar-refractivity contribution >= 4 is 5.82 Å². The van der Waals surface area contributed by atoms with E-state index in [-0.39, 0.29) is 0 Å². The van der Waals surface area contributed by atoms with Crippen LogP contribution in [0.5, 0.6) is 0 Å². The predicted molar refractivity (Wildman–Crippen MR) is 78.6 cm³/mol. The molecular formula is C15H25N3O. The van der Waals surface area contributed by atoms with E-state index in [0.29, 0.717) is 12.1 Å². The van der Waals surface area contributed by atoms with Crippen molar-refractivity contribution in [1.29, 1.82) is 0 Å². The largest absolute Gasteiger partial charge is 0.375 e. The Labute approximate surface area is 116 Å². The fourth-order valence-corrected chi connectivity index (χ4v) is 2.44. The Morgan fingerprint density at radius 3 is 2.95 bits per heavy atom. The Balaban J connectivity index is 2.01. The molecule has 2 unspecified atom stereocenters. The van der Waals surface area contributed by atoms with Gasteiger partial charge in [-0.25, -0.2) is 4.98 Å². The molecule has 1 fully saturated rings. The maximum absolute atomic E-state index is 5.69. The third-order valence-electron chi connectivity index (χ3n) is 3.70. The van der Waals surface area contributed by atoms with Crippen LogP contribution in [0.2, 0.25) is 0 Å². The van der Waals surface area contributed by atoms with E-state index in [2.05, 4.69) is 48.1 Å². The number of nitrogens with one attached hydrogen (secondary N) is 1. The van der Waals surface area contributed by atoms with Crippen LogP contribution < -0.4 is 10.2 Å². The molecule has 106 valence electrons. The van der Waals surface area contributed by atoms with Crippen LogP contribution in [0.15, 0.2) is 18.3 Å². The molecule has 2 rings (SSSR count). The highest BCUT2D eigenvalue weighted by molar-refractivity contribution is 5.40. The summed E-state index contributed by atoms with van der Waals surface area (Å²) >= 11 is 0. The van der Waals surface area contributed by atoms with Crippen molar-refractivity contribution in [2.24, 2.45) is 0 Å². The van der Waals surface area contributed by atoms with Crippen molar-refractivity contribution in [2.45, 2.75) is 39.3 Å². The Bertz CT molecular complexity index is 379. The SMILES string of the molecule is CCNC(C)c1ccc(N2CCOC(CC)C2)nc1. The van der Waals surface area contributed by atoms with Crippen molar-refractivity contribution in [3.05, 3.63) is 23.9 Å². The van der Waals surface area contributed by atoms with Crippen LogP contribution in [0.25, 0.3) is 0 Å². The molecule has 0 aromatic carbocycles. The Hall–Kier alpha value is -1.13. The normalized spacial score (nSPS) is 21.4. The van der Waals surface area contributed by atoms with Crippen molar-refractivity contribution in [2.75, 3.05) is 31.1 Å². The molecule has 1 aliphatic heterocycles. The molecule has 0 aliphatic carbocycles. The second kappa shape index (κ2) is 6.87. The average Bonchev–Trinajstić information content (AvgIpc) is 2.48. The molecule has 0 bridgehead atoms. The summed E-state index contributed by atoms with van der Waals surface area (Å²) in [4.78, 5) is 6.92. The quantitative estimate of drug-likeness (QED) is 0.885. The standard InChI is InChI=1S/C15H25N3O/c1-4-14-11-18(8-9-19-14)15-7-6-13(10-17-15)12(3)16-5-2/h6-7,10,12,14,16H,4-5,8-9,11H2,1-3H3. The Morgan fingerprint density at radius 2 is 2.32 bits per heavy atom. The number of hydrogen-bond acceptors (Lipinski definition) is 4. The fourth-order valence-electron chi connectivity index (χ4n) is 2.44. The second-order valence-corrected chi connectivity index (χ2v) is 5.08. The first-order valence-electron chi connectivity index (χ1n) is 7.30. The lowest BCUT2D eigenvalue weighted by atomic mass is 10.1. The predicted octanol–water partition coefficient (Wildman–Crippen LogP) is 2.37. The lowest BCUT2D eigenvalue weighted by molar-refractivity contribution is 0.0381. The molecule has 2 atom stereocenters. The zero-order valence-electron chi connectivity index (χ0n) is 12.2. The first-order chi connectivity index (χ1) is 9.24. The zero-order chi connectivity index (χ0) is 13.7. The molecule has 19 heavy (non-hydrogen) atoms. The number of anilines is 1. The van der Waals surface area contributed by atoms with Crippen LogP contribution in [0, 0.1) is 0 Å². The number of nitrogens with zero attached hydrogens (tertiary/aromatic N) is 2. The van der Waals surface area contributed by atoms with Crippen molar-refractivity contribution in [3.8, 4) is 0 Å². The van der Waals surface area contributed by atoms with Gasteiger partial charge in [0.2, 0.25) is 0 Å². The van der Waals surface area contributed by atoms with Crippen molar-refractivity contribution in [3.63, 3.8) is 0 Å². The van der Waals surface area contributed by atoms with Gasteiger partial charge in [0.1, 0.15) is 5.82 Å². The van der Waals surface area contributed by atoms with Gasteiger partial charge in [0.25, 0.3) is 0 Å². The van der Waals surface area contributed by atoms with Gasteiger partial charge in [-0.05, 0) is 31.5 Å². The van der Waals surface area contributed by atoms with E-state index < -0.39 is 0 Å². The molecule has 4 nitrogen and oxygen atoms in total. The van der Waals surface area contributed by atoms with Gasteiger partial charge in [0.15, 0.2) is 0 Å². The van der Waals surface area contributed by atoms with E-state index >= 15 is 0 Å². The van der Waals surface area contributed by atoms with Crippen LogP contribution >= 0.6 is 0 Å². The van der Waals surface area contributed by atoms with Crippen LogP contribution in [0.4, 0.5) is 5.82 Å². The lowest BCUT2D eigenvalue weighted by Gasteiger charge is -2.33. The van der Waals surface area contributed by atoms with Crippen LogP contribution in [0.3, 0.4) is 0 Å². The van der Waals surface area contributed by atoms with Crippen molar-refractivity contribution < 1.29 is 4.74 Å². The summed E-state index contributed by atoms with van der Waals surface area (Å²) in [7, 11) is 0. The molecule has 1 aliphatic rings. The van der Waals surface area contributed by atoms with Gasteiger partial charge in [-0.2, -0.15) is 0 Å². The summed E-state index contributed by atoms with van der Waals surface area (Å²) in [5.74, 6) is 1.06. The number of rotatable bonds is 5. The first kappa shape index (κ1) is 14.3. The summed E-state index contributed by atoms with van der Waals surface area (Å²) in [5.41, 5.74) is 1.24. The van der Waals surface area contributed by atoms with Gasteiger partial charge in [-0.15, -0.1) is 0 Å².